The van der Waals surface area contributed by atoms with E-state index in [1.165, 1.54) is 5.69 Å². The number of pyridine rings is 1. The van der Waals surface area contributed by atoms with Crippen LogP contribution in [0.3, 0.4) is 0 Å². The largest absolute Gasteiger partial charge is 0.465 e. The van der Waals surface area contributed by atoms with Gasteiger partial charge in [0, 0.05) is 31.7 Å². The third-order valence-corrected chi connectivity index (χ3v) is 4.50. The highest BCUT2D eigenvalue weighted by Crippen LogP contribution is 2.23. The van der Waals surface area contributed by atoms with Gasteiger partial charge in [0.15, 0.2) is 0 Å². The van der Waals surface area contributed by atoms with Gasteiger partial charge in [-0.05, 0) is 36.8 Å². The first kappa shape index (κ1) is 16.1. The Labute approximate surface area is 147 Å². The van der Waals surface area contributed by atoms with E-state index in [1.54, 1.807) is 12.4 Å². The van der Waals surface area contributed by atoms with Crippen LogP contribution in [0.2, 0.25) is 0 Å². The summed E-state index contributed by atoms with van der Waals surface area (Å²) in [4.78, 5) is 10.7. The number of aryl methyl sites for hydroxylation is 1. The lowest BCUT2D eigenvalue weighted by molar-refractivity contribution is 0.0569. The first-order chi connectivity index (χ1) is 12.3. The molecule has 3 aromatic heterocycles. The number of hydrogen-bond donors (Lipinski definition) is 0. The normalized spacial score (nSPS) is 17.6. The fourth-order valence-electron chi connectivity index (χ4n) is 3.30. The van der Waals surface area contributed by atoms with Gasteiger partial charge in [0.1, 0.15) is 11.5 Å². The minimum Gasteiger partial charge on any atom is -0.465 e. The van der Waals surface area contributed by atoms with Gasteiger partial charge in [0.2, 0.25) is 0 Å². The Morgan fingerprint density at radius 2 is 2.08 bits per heavy atom. The Hall–Kier alpha value is -2.44. The second-order valence-corrected chi connectivity index (χ2v) is 6.50. The van der Waals surface area contributed by atoms with E-state index >= 15 is 0 Å². The van der Waals surface area contributed by atoms with E-state index in [4.69, 9.17) is 9.15 Å². The Balaban J connectivity index is 1.40. The Morgan fingerprint density at radius 3 is 2.88 bits per heavy atom. The van der Waals surface area contributed by atoms with Crippen LogP contribution in [0, 0.1) is 6.92 Å². The summed E-state index contributed by atoms with van der Waals surface area (Å²) in [5.74, 6) is 1.95. The van der Waals surface area contributed by atoms with Crippen molar-refractivity contribution in [2.24, 2.45) is 0 Å². The molecule has 0 amide bonds. The molecule has 130 valence electrons. The number of imidazole rings is 1. The minimum absolute atomic E-state index is 0.254. The van der Waals surface area contributed by atoms with Crippen LogP contribution in [0.4, 0.5) is 0 Å². The standard InChI is InChI=1S/C19H22N4O2/c1-15-2-3-19(25-15)11-22-9-17-8-21-14-23(17)18(10-22)13-24-12-16-4-6-20-7-5-16/h2-8,14,18H,9-13H2,1H3/t18-/m0/s1. The number of fused-ring (bicyclic) bond motifs is 1. The molecule has 0 fully saturated rings. The first-order valence-electron chi connectivity index (χ1n) is 8.53. The number of ether oxygens (including phenoxy) is 1. The Morgan fingerprint density at radius 1 is 1.20 bits per heavy atom. The van der Waals surface area contributed by atoms with E-state index in [0.717, 1.165) is 36.7 Å². The quantitative estimate of drug-likeness (QED) is 0.692. The molecule has 4 rings (SSSR count). The number of rotatable bonds is 6. The maximum atomic E-state index is 5.96. The van der Waals surface area contributed by atoms with Crippen molar-refractivity contribution in [2.45, 2.75) is 32.7 Å². The summed E-state index contributed by atoms with van der Waals surface area (Å²) in [6.45, 7) is 5.82. The average molecular weight is 338 g/mol. The van der Waals surface area contributed by atoms with Crippen molar-refractivity contribution in [1.29, 1.82) is 0 Å². The summed E-state index contributed by atoms with van der Waals surface area (Å²) >= 11 is 0. The lowest BCUT2D eigenvalue weighted by Gasteiger charge is -2.33. The van der Waals surface area contributed by atoms with Gasteiger partial charge in [-0.2, -0.15) is 0 Å². The highest BCUT2D eigenvalue weighted by molar-refractivity contribution is 5.09. The van der Waals surface area contributed by atoms with Gasteiger partial charge in [0.05, 0.1) is 37.8 Å². The second kappa shape index (κ2) is 7.21. The molecule has 0 aliphatic carbocycles. The van der Waals surface area contributed by atoms with Crippen LogP contribution in [-0.4, -0.2) is 32.6 Å². The SMILES string of the molecule is Cc1ccc(CN2Cc3cncn3[C@H](COCc3ccncc3)C2)o1. The van der Waals surface area contributed by atoms with Gasteiger partial charge in [-0.15, -0.1) is 0 Å². The maximum Gasteiger partial charge on any atom is 0.118 e. The van der Waals surface area contributed by atoms with Crippen molar-refractivity contribution in [1.82, 2.24) is 19.4 Å². The lowest BCUT2D eigenvalue weighted by Crippen LogP contribution is -2.38. The molecule has 0 aromatic carbocycles. The molecule has 0 unspecified atom stereocenters. The minimum atomic E-state index is 0.254. The van der Waals surface area contributed by atoms with Crippen LogP contribution in [0.25, 0.3) is 0 Å². The second-order valence-electron chi connectivity index (χ2n) is 6.50. The molecule has 1 aliphatic rings. The number of nitrogens with zero attached hydrogens (tertiary/aromatic N) is 4. The van der Waals surface area contributed by atoms with E-state index in [1.807, 2.05) is 37.6 Å². The lowest BCUT2D eigenvalue weighted by atomic mass is 10.2. The van der Waals surface area contributed by atoms with Crippen molar-refractivity contribution in [3.63, 3.8) is 0 Å². The summed E-state index contributed by atoms with van der Waals surface area (Å²) in [5, 5.41) is 0. The van der Waals surface area contributed by atoms with Gasteiger partial charge in [-0.3, -0.25) is 9.88 Å². The summed E-state index contributed by atoms with van der Waals surface area (Å²) in [6.07, 6.45) is 7.43. The highest BCUT2D eigenvalue weighted by Gasteiger charge is 2.25. The molecular formula is C19H22N4O2. The molecule has 1 atom stereocenters. The molecule has 0 saturated carbocycles. The van der Waals surface area contributed by atoms with E-state index < -0.39 is 0 Å². The van der Waals surface area contributed by atoms with Crippen LogP contribution < -0.4 is 0 Å². The third-order valence-electron chi connectivity index (χ3n) is 4.50. The van der Waals surface area contributed by atoms with Crippen molar-refractivity contribution in [3.8, 4) is 0 Å². The molecule has 6 nitrogen and oxygen atoms in total. The number of aromatic nitrogens is 3. The van der Waals surface area contributed by atoms with Crippen molar-refractivity contribution in [3.05, 3.63) is 72.0 Å². The molecule has 0 spiro atoms. The topological polar surface area (TPSA) is 56.3 Å². The summed E-state index contributed by atoms with van der Waals surface area (Å²) in [7, 11) is 0. The third kappa shape index (κ3) is 3.81. The molecule has 0 bridgehead atoms. The molecule has 3 aromatic rings. The van der Waals surface area contributed by atoms with Crippen LogP contribution in [0.15, 0.2) is 53.6 Å². The predicted molar refractivity (Wildman–Crippen MR) is 92.7 cm³/mol. The maximum absolute atomic E-state index is 5.96. The Kier molecular flexibility index (Phi) is 4.63. The fourth-order valence-corrected chi connectivity index (χ4v) is 3.30. The molecule has 25 heavy (non-hydrogen) atoms. The van der Waals surface area contributed by atoms with E-state index in [0.29, 0.717) is 13.2 Å². The first-order valence-corrected chi connectivity index (χ1v) is 8.53. The van der Waals surface area contributed by atoms with Crippen LogP contribution in [0.5, 0.6) is 0 Å². The van der Waals surface area contributed by atoms with Gasteiger partial charge in [-0.1, -0.05) is 0 Å². The highest BCUT2D eigenvalue weighted by atomic mass is 16.5. The van der Waals surface area contributed by atoms with Crippen LogP contribution in [0.1, 0.15) is 28.8 Å². The molecule has 0 saturated heterocycles. The number of hydrogen-bond acceptors (Lipinski definition) is 5. The zero-order valence-corrected chi connectivity index (χ0v) is 14.3. The zero-order chi connectivity index (χ0) is 17.1. The monoisotopic (exact) mass is 338 g/mol. The van der Waals surface area contributed by atoms with Crippen molar-refractivity contribution >= 4 is 0 Å². The fraction of sp³-hybridized carbons (Fsp3) is 0.368. The van der Waals surface area contributed by atoms with Crippen LogP contribution in [-0.2, 0) is 24.4 Å². The molecule has 1 aliphatic heterocycles. The summed E-state index contributed by atoms with van der Waals surface area (Å²) in [6, 6.07) is 8.28. The molecule has 6 heteroatoms. The average Bonchev–Trinajstić information content (AvgIpc) is 3.25. The summed E-state index contributed by atoms with van der Waals surface area (Å²) in [5.41, 5.74) is 2.35. The molecule has 4 heterocycles. The molecule has 0 N–H and O–H groups in total. The Bertz CT molecular complexity index is 812. The predicted octanol–water partition coefficient (Wildman–Crippen LogP) is 2.95. The molecular weight excluding hydrogens is 316 g/mol. The number of furan rings is 1. The van der Waals surface area contributed by atoms with Crippen LogP contribution >= 0.6 is 0 Å². The molecule has 0 radical (unpaired) electrons. The van der Waals surface area contributed by atoms with E-state index in [9.17, 15) is 0 Å². The zero-order valence-electron chi connectivity index (χ0n) is 14.3. The van der Waals surface area contributed by atoms with Gasteiger partial charge in [0.25, 0.3) is 0 Å². The van der Waals surface area contributed by atoms with Gasteiger partial charge >= 0.3 is 0 Å². The van der Waals surface area contributed by atoms with E-state index in [2.05, 4.69) is 25.5 Å². The van der Waals surface area contributed by atoms with Crippen molar-refractivity contribution in [2.75, 3.05) is 13.2 Å². The van der Waals surface area contributed by atoms with Gasteiger partial charge < -0.3 is 13.7 Å². The summed E-state index contributed by atoms with van der Waals surface area (Å²) < 4.78 is 13.9. The van der Waals surface area contributed by atoms with Gasteiger partial charge in [-0.25, -0.2) is 4.98 Å². The van der Waals surface area contributed by atoms with E-state index in [-0.39, 0.29) is 6.04 Å². The smallest absolute Gasteiger partial charge is 0.118 e. The van der Waals surface area contributed by atoms with Crippen molar-refractivity contribution < 1.29 is 9.15 Å².